The van der Waals surface area contributed by atoms with E-state index >= 15 is 0 Å². The fourth-order valence-electron chi connectivity index (χ4n) is 3.92. The van der Waals surface area contributed by atoms with Crippen molar-refractivity contribution in [3.63, 3.8) is 0 Å². The van der Waals surface area contributed by atoms with Gasteiger partial charge >= 0.3 is 0 Å². The fraction of sp³-hybridized carbons (Fsp3) is 0.630. The topological polar surface area (TPSA) is 18.5 Å². The van der Waals surface area contributed by atoms with E-state index in [-0.39, 0.29) is 0 Å². The first kappa shape index (κ1) is 26.1. The molecule has 0 saturated carbocycles. The number of aryl methyl sites for hydroxylation is 1. The van der Waals surface area contributed by atoms with Gasteiger partial charge in [-0.05, 0) is 44.2 Å². The van der Waals surface area contributed by atoms with Gasteiger partial charge in [0.05, 0.1) is 13.2 Å². The van der Waals surface area contributed by atoms with Gasteiger partial charge in [0, 0.05) is 22.5 Å². The van der Waals surface area contributed by atoms with Gasteiger partial charge < -0.3 is 9.47 Å². The third-order valence-electron chi connectivity index (χ3n) is 5.70. The molecular formula is C27H40Cl2O2. The van der Waals surface area contributed by atoms with E-state index in [1.807, 2.05) is 0 Å². The first-order valence-corrected chi connectivity index (χ1v) is 13.2. The van der Waals surface area contributed by atoms with Crippen LogP contribution in [0, 0.1) is 6.92 Å². The summed E-state index contributed by atoms with van der Waals surface area (Å²) in [4.78, 5) is 0. The van der Waals surface area contributed by atoms with Gasteiger partial charge in [0.25, 0.3) is 0 Å². The highest BCUT2D eigenvalue weighted by Gasteiger charge is 2.11. The summed E-state index contributed by atoms with van der Waals surface area (Å²) in [5.74, 6) is 3.54. The molecule has 0 heterocycles. The normalized spacial score (nSPS) is 11.2. The molecule has 0 spiro atoms. The zero-order valence-corrected chi connectivity index (χ0v) is 20.8. The Labute approximate surface area is 199 Å². The minimum Gasteiger partial charge on any atom is -0.493 e. The van der Waals surface area contributed by atoms with Crippen molar-refractivity contribution in [1.82, 2.24) is 0 Å². The molecule has 0 aliphatic heterocycles. The van der Waals surface area contributed by atoms with Crippen molar-refractivity contribution in [3.05, 3.63) is 35.9 Å². The highest BCUT2D eigenvalue weighted by molar-refractivity contribution is 6.18. The van der Waals surface area contributed by atoms with Crippen molar-refractivity contribution in [2.75, 3.05) is 25.0 Å². The average molecular weight is 468 g/mol. The Bertz CT molecular complexity index is 732. The number of rotatable bonds is 18. The molecule has 0 radical (unpaired) electrons. The lowest BCUT2D eigenvalue weighted by molar-refractivity contribution is 0.300. The molecule has 4 heteroatoms. The Morgan fingerprint density at radius 1 is 0.613 bits per heavy atom. The summed E-state index contributed by atoms with van der Waals surface area (Å²) in [6.07, 6.45) is 14.4. The number of ether oxygens (including phenoxy) is 2. The van der Waals surface area contributed by atoms with E-state index in [0.717, 1.165) is 78.5 Å². The smallest absolute Gasteiger partial charge is 0.130 e. The first-order valence-electron chi connectivity index (χ1n) is 12.2. The van der Waals surface area contributed by atoms with Gasteiger partial charge in [-0.15, -0.1) is 23.2 Å². The van der Waals surface area contributed by atoms with Crippen LogP contribution >= 0.6 is 23.2 Å². The van der Waals surface area contributed by atoms with E-state index in [2.05, 4.69) is 37.3 Å². The third-order valence-corrected chi connectivity index (χ3v) is 6.24. The molecule has 2 rings (SSSR count). The van der Waals surface area contributed by atoms with Gasteiger partial charge in [-0.25, -0.2) is 0 Å². The second-order valence-corrected chi connectivity index (χ2v) is 9.14. The molecule has 0 fully saturated rings. The van der Waals surface area contributed by atoms with Crippen LogP contribution in [-0.4, -0.2) is 25.0 Å². The van der Waals surface area contributed by atoms with Crippen LogP contribution in [0.5, 0.6) is 11.5 Å². The summed E-state index contributed by atoms with van der Waals surface area (Å²) in [5.41, 5.74) is 1.15. The number of benzene rings is 2. The lowest BCUT2D eigenvalue weighted by atomic mass is 10.0. The molecule has 0 amide bonds. The summed E-state index contributed by atoms with van der Waals surface area (Å²) in [6, 6.07) is 10.6. The molecular weight excluding hydrogens is 427 g/mol. The molecule has 31 heavy (non-hydrogen) atoms. The summed E-state index contributed by atoms with van der Waals surface area (Å²) in [5, 5.41) is 2.30. The van der Waals surface area contributed by atoms with Crippen LogP contribution < -0.4 is 9.47 Å². The maximum atomic E-state index is 6.24. The summed E-state index contributed by atoms with van der Waals surface area (Å²) in [7, 11) is 0. The minimum atomic E-state index is 0.767. The molecule has 174 valence electrons. The van der Waals surface area contributed by atoms with Crippen molar-refractivity contribution in [2.45, 2.75) is 84.0 Å². The van der Waals surface area contributed by atoms with Crippen molar-refractivity contribution in [1.29, 1.82) is 0 Å². The van der Waals surface area contributed by atoms with Crippen LogP contribution in [0.15, 0.2) is 30.3 Å². The van der Waals surface area contributed by atoms with Crippen LogP contribution in [0.2, 0.25) is 0 Å². The van der Waals surface area contributed by atoms with Gasteiger partial charge in [-0.2, -0.15) is 0 Å². The predicted octanol–water partition coefficient (Wildman–Crippen LogP) is 9.06. The summed E-state index contributed by atoms with van der Waals surface area (Å²) >= 11 is 11.5. The predicted molar refractivity (Wildman–Crippen MR) is 137 cm³/mol. The van der Waals surface area contributed by atoms with Gasteiger partial charge in [0.2, 0.25) is 0 Å². The maximum Gasteiger partial charge on any atom is 0.130 e. The molecule has 0 aliphatic rings. The zero-order valence-electron chi connectivity index (χ0n) is 19.3. The summed E-state index contributed by atoms with van der Waals surface area (Å²) < 4.78 is 12.4. The molecule has 0 aromatic heterocycles. The van der Waals surface area contributed by atoms with Gasteiger partial charge in [-0.3, -0.25) is 0 Å². The lowest BCUT2D eigenvalue weighted by Crippen LogP contribution is -2.02. The molecule has 0 N–H and O–H groups in total. The Balaban J connectivity index is 1.82. The van der Waals surface area contributed by atoms with Crippen molar-refractivity contribution in [2.24, 2.45) is 0 Å². The maximum absolute atomic E-state index is 6.24. The second-order valence-electron chi connectivity index (χ2n) is 8.38. The fourth-order valence-corrected chi connectivity index (χ4v) is 4.30. The lowest BCUT2D eigenvalue weighted by Gasteiger charge is -2.16. The number of hydrogen-bond acceptors (Lipinski definition) is 2. The number of alkyl halides is 2. The Hall–Kier alpha value is -1.12. The first-order chi connectivity index (χ1) is 15.3. The standard InChI is InChI=1S/C27H40Cl2O2/c1-23-22-26(30-20-14-8-4-2-6-12-18-28)24-16-10-11-17-25(24)27(23)31-21-15-9-5-3-7-13-19-29/h10-11,16-17,22H,2-9,12-15,18-21H2,1H3. The van der Waals surface area contributed by atoms with Crippen molar-refractivity contribution in [3.8, 4) is 11.5 Å². The van der Waals surface area contributed by atoms with E-state index in [9.17, 15) is 0 Å². The highest BCUT2D eigenvalue weighted by atomic mass is 35.5. The van der Waals surface area contributed by atoms with E-state index in [1.165, 1.54) is 51.4 Å². The summed E-state index contributed by atoms with van der Waals surface area (Å²) in [6.45, 7) is 3.66. The number of unbranched alkanes of at least 4 members (excludes halogenated alkanes) is 10. The molecule has 0 saturated heterocycles. The van der Waals surface area contributed by atoms with E-state index in [1.54, 1.807) is 0 Å². The average Bonchev–Trinajstić information content (AvgIpc) is 2.79. The van der Waals surface area contributed by atoms with Crippen molar-refractivity contribution >= 4 is 34.0 Å². The minimum absolute atomic E-state index is 0.767. The van der Waals surface area contributed by atoms with E-state index in [4.69, 9.17) is 32.7 Å². The zero-order chi connectivity index (χ0) is 22.2. The molecule has 0 unspecified atom stereocenters. The Morgan fingerprint density at radius 3 is 1.68 bits per heavy atom. The van der Waals surface area contributed by atoms with Crippen LogP contribution in [0.3, 0.4) is 0 Å². The van der Waals surface area contributed by atoms with Crippen LogP contribution in [0.25, 0.3) is 10.8 Å². The molecule has 2 nitrogen and oxygen atoms in total. The molecule has 2 aromatic rings. The Morgan fingerprint density at radius 2 is 1.10 bits per heavy atom. The van der Waals surface area contributed by atoms with Crippen LogP contribution in [0.1, 0.15) is 82.6 Å². The quantitative estimate of drug-likeness (QED) is 0.161. The molecule has 0 bridgehead atoms. The number of hydrogen-bond donors (Lipinski definition) is 0. The molecule has 0 atom stereocenters. The number of halogens is 2. The van der Waals surface area contributed by atoms with Gasteiger partial charge in [0.15, 0.2) is 0 Å². The van der Waals surface area contributed by atoms with Gasteiger partial charge in [0.1, 0.15) is 11.5 Å². The van der Waals surface area contributed by atoms with Crippen LogP contribution in [0.4, 0.5) is 0 Å². The van der Waals surface area contributed by atoms with E-state index in [0.29, 0.717) is 0 Å². The van der Waals surface area contributed by atoms with Gasteiger partial charge in [-0.1, -0.05) is 75.6 Å². The second kappa shape index (κ2) is 16.5. The third kappa shape index (κ3) is 9.91. The monoisotopic (exact) mass is 466 g/mol. The molecule has 2 aromatic carbocycles. The SMILES string of the molecule is Cc1cc(OCCCCCCCCCl)c2ccccc2c1OCCCCCCCCCl. The Kier molecular flexibility index (Phi) is 13.9. The van der Waals surface area contributed by atoms with Crippen molar-refractivity contribution < 1.29 is 9.47 Å². The van der Waals surface area contributed by atoms with Crippen LogP contribution in [-0.2, 0) is 0 Å². The largest absolute Gasteiger partial charge is 0.493 e. The highest BCUT2D eigenvalue weighted by Crippen LogP contribution is 2.36. The van der Waals surface area contributed by atoms with E-state index < -0.39 is 0 Å². The molecule has 0 aliphatic carbocycles. The number of fused-ring (bicyclic) bond motifs is 1.